The van der Waals surface area contributed by atoms with E-state index in [0.717, 1.165) is 6.42 Å². The maximum atomic E-state index is 12.6. The van der Waals surface area contributed by atoms with Gasteiger partial charge in [-0.25, -0.2) is 4.98 Å². The van der Waals surface area contributed by atoms with Crippen LogP contribution in [-0.4, -0.2) is 48.8 Å². The number of nitrogens with zero attached hydrogens (tertiary/aromatic N) is 4. The average molecular weight is 460 g/mol. The quantitative estimate of drug-likeness (QED) is 0.529. The minimum absolute atomic E-state index is 0.249. The first-order chi connectivity index (χ1) is 15.4. The van der Waals surface area contributed by atoms with E-state index in [4.69, 9.17) is 11.6 Å². The second-order valence-corrected chi connectivity index (χ2v) is 8.04. The van der Waals surface area contributed by atoms with E-state index in [1.54, 1.807) is 24.3 Å². The van der Waals surface area contributed by atoms with Gasteiger partial charge in [0.05, 0.1) is 6.20 Å². The Bertz CT molecular complexity index is 1180. The number of aromatic hydroxyl groups is 1. The Kier molecular flexibility index (Phi) is 6.26. The zero-order valence-electron chi connectivity index (χ0n) is 17.2. The molecule has 2 aromatic heterocycles. The first-order valence-corrected chi connectivity index (χ1v) is 10.4. The lowest BCUT2D eigenvalue weighted by atomic mass is 9.95. The summed E-state index contributed by atoms with van der Waals surface area (Å²) in [5.41, 5.74) is -0.247. The highest BCUT2D eigenvalue weighted by Crippen LogP contribution is 2.32. The first-order valence-electron chi connectivity index (χ1n) is 10.0. The molecule has 10 nitrogen and oxygen atoms in total. The van der Waals surface area contributed by atoms with Crippen molar-refractivity contribution in [3.8, 4) is 5.75 Å². The minimum atomic E-state index is -0.919. The molecule has 3 N–H and O–H groups in total. The molecule has 0 spiro atoms. The van der Waals surface area contributed by atoms with Crippen LogP contribution in [0.1, 0.15) is 46.9 Å². The van der Waals surface area contributed by atoms with Crippen molar-refractivity contribution in [3.05, 3.63) is 69.2 Å². The molecular formula is C21H22ClN5O5. The molecule has 1 aromatic carbocycles. The monoisotopic (exact) mass is 459 g/mol. The summed E-state index contributed by atoms with van der Waals surface area (Å²) in [7, 11) is 1.50. The molecule has 0 saturated carbocycles. The molecule has 1 aliphatic heterocycles. The molecule has 1 amide bonds. The van der Waals surface area contributed by atoms with Crippen molar-refractivity contribution in [1.82, 2.24) is 19.6 Å². The number of hydrogen-bond donors (Lipinski definition) is 3. The van der Waals surface area contributed by atoms with E-state index in [2.05, 4.69) is 20.0 Å². The van der Waals surface area contributed by atoms with Gasteiger partial charge in [-0.15, -0.1) is 0 Å². The van der Waals surface area contributed by atoms with Crippen LogP contribution in [0.3, 0.4) is 0 Å². The number of aromatic nitrogens is 3. The summed E-state index contributed by atoms with van der Waals surface area (Å²) in [6, 6.07) is 7.07. The number of carbonyl (C=O) groups excluding carboxylic acids is 1. The van der Waals surface area contributed by atoms with Crippen LogP contribution in [0, 0.1) is 0 Å². The number of amides is 1. The van der Waals surface area contributed by atoms with Gasteiger partial charge in [-0.1, -0.05) is 35.0 Å². The van der Waals surface area contributed by atoms with E-state index >= 15 is 0 Å². The molecule has 3 aromatic rings. The van der Waals surface area contributed by atoms with Crippen LogP contribution in [-0.2, 0) is 7.05 Å². The fraction of sp³-hybridized carbons (Fsp3) is 0.333. The Morgan fingerprint density at radius 1 is 1.38 bits per heavy atom. The second kappa shape index (κ2) is 9.11. The molecule has 1 saturated heterocycles. The molecule has 2 atom stereocenters. The van der Waals surface area contributed by atoms with Crippen molar-refractivity contribution < 1.29 is 19.5 Å². The van der Waals surface area contributed by atoms with Crippen molar-refractivity contribution >= 4 is 23.2 Å². The van der Waals surface area contributed by atoms with Gasteiger partial charge in [-0.3, -0.25) is 19.1 Å². The first kappa shape index (κ1) is 22.0. The molecule has 4 rings (SSSR count). The zero-order chi connectivity index (χ0) is 22.8. The number of anilines is 1. The highest BCUT2D eigenvalue weighted by molar-refractivity contribution is 6.31. The molecular weight excluding hydrogens is 438 g/mol. The van der Waals surface area contributed by atoms with Gasteiger partial charge in [0.1, 0.15) is 24.0 Å². The third-order valence-corrected chi connectivity index (χ3v) is 5.90. The highest BCUT2D eigenvalue weighted by Gasteiger charge is 2.31. The van der Waals surface area contributed by atoms with Gasteiger partial charge in [0.15, 0.2) is 5.69 Å². The van der Waals surface area contributed by atoms with Crippen LogP contribution in [0.5, 0.6) is 5.75 Å². The molecule has 3 heterocycles. The molecule has 0 aliphatic carbocycles. The standard InChI is InChI=1S/C21H22ClN5O5/c1-26-18(25-16(17(28)21(26)31)19(29)24-13-9-23-32-11-13)12-5-4-8-27(10-12)20(30)14-6-2-3-7-15(14)22/h2-3,6-7,9,11-12,20,28,30H,4-5,8,10H2,1H3,(H,24,29). The summed E-state index contributed by atoms with van der Waals surface area (Å²) in [4.78, 5) is 31.4. The summed E-state index contributed by atoms with van der Waals surface area (Å²) in [5.74, 6) is -1.40. The fourth-order valence-electron chi connectivity index (χ4n) is 3.91. The highest BCUT2D eigenvalue weighted by atomic mass is 35.5. The molecule has 32 heavy (non-hydrogen) atoms. The van der Waals surface area contributed by atoms with E-state index in [0.29, 0.717) is 35.9 Å². The Balaban J connectivity index is 1.62. The van der Waals surface area contributed by atoms with Crippen LogP contribution >= 0.6 is 11.6 Å². The molecule has 11 heteroatoms. The molecule has 0 radical (unpaired) electrons. The van der Waals surface area contributed by atoms with Crippen LogP contribution < -0.4 is 10.9 Å². The van der Waals surface area contributed by atoms with Gasteiger partial charge in [0.2, 0.25) is 5.75 Å². The Morgan fingerprint density at radius 2 is 2.16 bits per heavy atom. The van der Waals surface area contributed by atoms with Gasteiger partial charge in [-0.2, -0.15) is 0 Å². The van der Waals surface area contributed by atoms with Crippen LogP contribution in [0.25, 0.3) is 0 Å². The van der Waals surface area contributed by atoms with E-state index < -0.39 is 23.4 Å². The Morgan fingerprint density at radius 3 is 2.88 bits per heavy atom. The normalized spacial score (nSPS) is 17.8. The predicted octanol–water partition coefficient (Wildman–Crippen LogP) is 2.25. The number of hydrogen-bond acceptors (Lipinski definition) is 8. The van der Waals surface area contributed by atoms with Crippen molar-refractivity contribution in [2.75, 3.05) is 18.4 Å². The summed E-state index contributed by atoms with van der Waals surface area (Å²) in [6.45, 7) is 1.03. The maximum Gasteiger partial charge on any atom is 0.296 e. The topological polar surface area (TPSA) is 134 Å². The zero-order valence-corrected chi connectivity index (χ0v) is 18.0. The summed E-state index contributed by atoms with van der Waals surface area (Å²) < 4.78 is 5.91. The predicted molar refractivity (Wildman–Crippen MR) is 116 cm³/mol. The van der Waals surface area contributed by atoms with Crippen molar-refractivity contribution in [2.45, 2.75) is 25.0 Å². The fourth-order valence-corrected chi connectivity index (χ4v) is 4.14. The number of rotatable bonds is 5. The average Bonchev–Trinajstić information content (AvgIpc) is 3.30. The van der Waals surface area contributed by atoms with E-state index in [-0.39, 0.29) is 17.3 Å². The van der Waals surface area contributed by atoms with Crippen molar-refractivity contribution in [1.29, 1.82) is 0 Å². The van der Waals surface area contributed by atoms with Gasteiger partial charge < -0.3 is 20.1 Å². The number of benzene rings is 1. The molecule has 168 valence electrons. The lowest BCUT2D eigenvalue weighted by molar-refractivity contribution is -0.0161. The third kappa shape index (κ3) is 4.24. The van der Waals surface area contributed by atoms with Crippen molar-refractivity contribution in [2.24, 2.45) is 7.05 Å². The summed E-state index contributed by atoms with van der Waals surface area (Å²) in [6.07, 6.45) is 3.02. The number of halogens is 1. The van der Waals surface area contributed by atoms with E-state index in [1.165, 1.54) is 24.1 Å². The SMILES string of the molecule is Cn1c(C2CCCN(C(O)c3ccccc3Cl)C2)nc(C(=O)Nc2cnoc2)c(O)c1=O. The number of nitrogens with one attached hydrogen (secondary N) is 1. The van der Waals surface area contributed by atoms with Gasteiger partial charge in [0, 0.05) is 36.6 Å². The number of aliphatic hydroxyl groups is 1. The number of likely N-dealkylation sites (tertiary alicyclic amines) is 1. The van der Waals surface area contributed by atoms with Gasteiger partial charge >= 0.3 is 0 Å². The Labute approximate surface area is 188 Å². The molecule has 1 aliphatic rings. The summed E-state index contributed by atoms with van der Waals surface area (Å²) >= 11 is 6.24. The third-order valence-electron chi connectivity index (χ3n) is 5.55. The van der Waals surface area contributed by atoms with Crippen molar-refractivity contribution in [3.63, 3.8) is 0 Å². The van der Waals surface area contributed by atoms with Crippen LogP contribution in [0.2, 0.25) is 5.02 Å². The number of piperidine rings is 1. The van der Waals surface area contributed by atoms with E-state index in [1.807, 2.05) is 4.90 Å². The Hall–Kier alpha value is -3.21. The van der Waals surface area contributed by atoms with E-state index in [9.17, 15) is 19.8 Å². The smallest absolute Gasteiger partial charge is 0.296 e. The maximum absolute atomic E-state index is 12.6. The largest absolute Gasteiger partial charge is 0.501 e. The van der Waals surface area contributed by atoms with Crippen LogP contribution in [0.4, 0.5) is 5.69 Å². The summed E-state index contributed by atoms with van der Waals surface area (Å²) in [5, 5.41) is 27.6. The lowest BCUT2D eigenvalue weighted by Gasteiger charge is -2.36. The molecule has 1 fully saturated rings. The molecule has 0 bridgehead atoms. The lowest BCUT2D eigenvalue weighted by Crippen LogP contribution is -2.39. The second-order valence-electron chi connectivity index (χ2n) is 7.63. The number of carbonyl (C=O) groups is 1. The van der Waals surface area contributed by atoms with Gasteiger partial charge in [-0.05, 0) is 18.9 Å². The number of aliphatic hydroxyl groups excluding tert-OH is 1. The molecule has 2 unspecified atom stereocenters. The minimum Gasteiger partial charge on any atom is -0.501 e. The van der Waals surface area contributed by atoms with Crippen LogP contribution in [0.15, 0.2) is 46.0 Å². The van der Waals surface area contributed by atoms with Gasteiger partial charge in [0.25, 0.3) is 11.5 Å².